The lowest BCUT2D eigenvalue weighted by Gasteiger charge is -2.12. The van der Waals surface area contributed by atoms with Crippen LogP contribution in [-0.2, 0) is 6.42 Å². The van der Waals surface area contributed by atoms with Crippen molar-refractivity contribution in [3.8, 4) is 0 Å². The molecule has 0 saturated heterocycles. The molecule has 2 rings (SSSR count). The van der Waals surface area contributed by atoms with Gasteiger partial charge < -0.3 is 5.73 Å². The van der Waals surface area contributed by atoms with Gasteiger partial charge in [-0.25, -0.2) is 4.39 Å². The van der Waals surface area contributed by atoms with E-state index in [0.29, 0.717) is 6.42 Å². The Morgan fingerprint density at radius 3 is 2.67 bits per heavy atom. The highest BCUT2D eigenvalue weighted by Crippen LogP contribution is 2.21. The van der Waals surface area contributed by atoms with Gasteiger partial charge in [-0.3, -0.25) is 0 Å². The molecule has 0 bridgehead atoms. The van der Waals surface area contributed by atoms with Crippen LogP contribution in [0.25, 0.3) is 0 Å². The minimum absolute atomic E-state index is 0.139. The van der Waals surface area contributed by atoms with Crippen molar-refractivity contribution in [1.82, 2.24) is 0 Å². The highest BCUT2D eigenvalue weighted by atomic mass is 127. The van der Waals surface area contributed by atoms with Crippen LogP contribution in [0.2, 0.25) is 5.02 Å². The maximum absolute atomic E-state index is 13.3. The first-order valence-corrected chi connectivity index (χ1v) is 6.97. The van der Waals surface area contributed by atoms with E-state index in [0.717, 1.165) is 14.7 Å². The summed E-state index contributed by atoms with van der Waals surface area (Å²) >= 11 is 7.89. The van der Waals surface area contributed by atoms with Gasteiger partial charge >= 0.3 is 0 Å². The second-order valence-corrected chi connectivity index (χ2v) is 5.77. The molecular weight excluding hydrogens is 364 g/mol. The predicted molar refractivity (Wildman–Crippen MR) is 81.2 cm³/mol. The van der Waals surface area contributed by atoms with Crippen molar-refractivity contribution in [3.05, 3.63) is 68.0 Å². The van der Waals surface area contributed by atoms with E-state index >= 15 is 0 Å². The fourth-order valence-corrected chi connectivity index (χ4v) is 2.46. The predicted octanol–water partition coefficient (Wildman–Crippen LogP) is 4.33. The van der Waals surface area contributed by atoms with Gasteiger partial charge in [0.1, 0.15) is 5.82 Å². The highest BCUT2D eigenvalue weighted by Gasteiger charge is 2.09. The summed E-state index contributed by atoms with van der Waals surface area (Å²) in [5.74, 6) is -0.399. The normalized spacial score (nSPS) is 12.4. The number of hydrogen-bond acceptors (Lipinski definition) is 1. The first kappa shape index (κ1) is 13.8. The van der Waals surface area contributed by atoms with Crippen molar-refractivity contribution in [1.29, 1.82) is 0 Å². The van der Waals surface area contributed by atoms with Crippen molar-refractivity contribution in [2.75, 3.05) is 0 Å². The Bertz CT molecular complexity index is 559. The first-order valence-electron chi connectivity index (χ1n) is 5.51. The molecule has 1 nitrogen and oxygen atoms in total. The molecule has 94 valence electrons. The summed E-state index contributed by atoms with van der Waals surface area (Å²) < 4.78 is 14.5. The molecule has 1 atom stereocenters. The lowest BCUT2D eigenvalue weighted by Crippen LogP contribution is -2.13. The van der Waals surface area contributed by atoms with Crippen LogP contribution in [0.1, 0.15) is 17.2 Å². The highest BCUT2D eigenvalue weighted by molar-refractivity contribution is 14.1. The Balaban J connectivity index is 2.16. The average molecular weight is 376 g/mol. The van der Waals surface area contributed by atoms with E-state index in [-0.39, 0.29) is 11.1 Å². The molecule has 0 radical (unpaired) electrons. The molecule has 4 heteroatoms. The van der Waals surface area contributed by atoms with Gasteiger partial charge in [-0.05, 0) is 64.4 Å². The molecule has 0 amide bonds. The lowest BCUT2D eigenvalue weighted by molar-refractivity contribution is 0.622. The van der Waals surface area contributed by atoms with Crippen molar-refractivity contribution in [2.24, 2.45) is 5.73 Å². The van der Waals surface area contributed by atoms with Gasteiger partial charge in [0.05, 0.1) is 5.02 Å². The second kappa shape index (κ2) is 5.99. The third-order valence-electron chi connectivity index (χ3n) is 2.72. The summed E-state index contributed by atoms with van der Waals surface area (Å²) in [5.41, 5.74) is 8.03. The SMILES string of the molecule is NC(Cc1ccc(Cl)c(F)c1)c1cccc(I)c1. The molecule has 0 fully saturated rings. The Hall–Kier alpha value is -0.650. The van der Waals surface area contributed by atoms with E-state index in [9.17, 15) is 4.39 Å². The molecule has 0 saturated carbocycles. The van der Waals surface area contributed by atoms with Gasteiger partial charge in [-0.1, -0.05) is 29.8 Å². The van der Waals surface area contributed by atoms with Gasteiger partial charge in [0.2, 0.25) is 0 Å². The lowest BCUT2D eigenvalue weighted by atomic mass is 10.00. The number of benzene rings is 2. The Morgan fingerprint density at radius 2 is 2.00 bits per heavy atom. The molecular formula is C14H12ClFIN. The molecule has 0 aliphatic rings. The van der Waals surface area contributed by atoms with Gasteiger partial charge in [0.25, 0.3) is 0 Å². The zero-order chi connectivity index (χ0) is 13.1. The molecule has 0 aliphatic heterocycles. The van der Waals surface area contributed by atoms with E-state index in [2.05, 4.69) is 22.6 Å². The summed E-state index contributed by atoms with van der Waals surface area (Å²) in [6.07, 6.45) is 0.591. The fraction of sp³-hybridized carbons (Fsp3) is 0.143. The van der Waals surface area contributed by atoms with Gasteiger partial charge in [0.15, 0.2) is 0 Å². The van der Waals surface area contributed by atoms with Crippen LogP contribution >= 0.6 is 34.2 Å². The molecule has 0 aliphatic carbocycles. The number of nitrogens with two attached hydrogens (primary N) is 1. The van der Waals surface area contributed by atoms with Crippen LogP contribution in [0.3, 0.4) is 0 Å². The topological polar surface area (TPSA) is 26.0 Å². The monoisotopic (exact) mass is 375 g/mol. The minimum atomic E-state index is -0.399. The molecule has 2 aromatic rings. The van der Waals surface area contributed by atoms with Gasteiger partial charge in [-0.2, -0.15) is 0 Å². The first-order chi connectivity index (χ1) is 8.56. The van der Waals surface area contributed by atoms with Gasteiger partial charge in [0, 0.05) is 9.61 Å². The third-order valence-corrected chi connectivity index (χ3v) is 3.69. The van der Waals surface area contributed by atoms with Crippen molar-refractivity contribution < 1.29 is 4.39 Å². The van der Waals surface area contributed by atoms with Crippen molar-refractivity contribution in [3.63, 3.8) is 0 Å². The van der Waals surface area contributed by atoms with E-state index in [1.54, 1.807) is 12.1 Å². The van der Waals surface area contributed by atoms with Crippen LogP contribution in [0.4, 0.5) is 4.39 Å². The van der Waals surface area contributed by atoms with Crippen molar-refractivity contribution in [2.45, 2.75) is 12.5 Å². The summed E-state index contributed by atoms with van der Waals surface area (Å²) in [5, 5.41) is 0.140. The van der Waals surface area contributed by atoms with E-state index in [1.165, 1.54) is 6.07 Å². The molecule has 18 heavy (non-hydrogen) atoms. The zero-order valence-corrected chi connectivity index (χ0v) is 12.5. The molecule has 2 aromatic carbocycles. The Labute approximate surface area is 124 Å². The molecule has 0 heterocycles. The number of halogens is 3. The number of hydrogen-bond donors (Lipinski definition) is 1. The van der Waals surface area contributed by atoms with Crippen LogP contribution < -0.4 is 5.73 Å². The minimum Gasteiger partial charge on any atom is -0.324 e. The van der Waals surface area contributed by atoms with Crippen LogP contribution in [0.15, 0.2) is 42.5 Å². The molecule has 2 N–H and O–H groups in total. The third kappa shape index (κ3) is 3.43. The molecule has 0 aromatic heterocycles. The largest absolute Gasteiger partial charge is 0.324 e. The van der Waals surface area contributed by atoms with Crippen molar-refractivity contribution >= 4 is 34.2 Å². The summed E-state index contributed by atoms with van der Waals surface area (Å²) in [6.45, 7) is 0. The Kier molecular flexibility index (Phi) is 4.59. The molecule has 1 unspecified atom stereocenters. The summed E-state index contributed by atoms with van der Waals surface area (Å²) in [6, 6.07) is 12.7. The maximum Gasteiger partial charge on any atom is 0.142 e. The van der Waals surface area contributed by atoms with Crippen LogP contribution in [0, 0.1) is 9.39 Å². The van der Waals surface area contributed by atoms with E-state index in [1.807, 2.05) is 24.3 Å². The standard InChI is InChI=1S/C14H12ClFIN/c15-12-5-4-9(6-13(12)16)7-14(18)10-2-1-3-11(17)8-10/h1-6,8,14H,7,18H2. The van der Waals surface area contributed by atoms with Crippen LogP contribution in [0.5, 0.6) is 0 Å². The fourth-order valence-electron chi connectivity index (χ4n) is 1.78. The van der Waals surface area contributed by atoms with Crippen LogP contribution in [-0.4, -0.2) is 0 Å². The zero-order valence-electron chi connectivity index (χ0n) is 9.54. The smallest absolute Gasteiger partial charge is 0.142 e. The maximum atomic E-state index is 13.3. The summed E-state index contributed by atoms with van der Waals surface area (Å²) in [4.78, 5) is 0. The van der Waals surface area contributed by atoms with E-state index < -0.39 is 5.82 Å². The molecule has 0 spiro atoms. The second-order valence-electron chi connectivity index (χ2n) is 4.11. The van der Waals surface area contributed by atoms with Gasteiger partial charge in [-0.15, -0.1) is 0 Å². The quantitative estimate of drug-likeness (QED) is 0.794. The van der Waals surface area contributed by atoms with E-state index in [4.69, 9.17) is 17.3 Å². The number of rotatable bonds is 3. The Morgan fingerprint density at radius 1 is 1.22 bits per heavy atom. The summed E-state index contributed by atoms with van der Waals surface area (Å²) in [7, 11) is 0. The average Bonchev–Trinajstić information content (AvgIpc) is 2.34.